The fourth-order valence-corrected chi connectivity index (χ4v) is 2.55. The minimum Gasteiger partial charge on any atom is -0.488 e. The maximum atomic E-state index is 10.1. The summed E-state index contributed by atoms with van der Waals surface area (Å²) >= 11 is 0. The maximum Gasteiger partial charge on any atom is 0.294 e. The molecule has 0 radical (unpaired) electrons. The van der Waals surface area contributed by atoms with Crippen molar-refractivity contribution in [1.82, 2.24) is 5.32 Å². The SMILES string of the molecule is CCCC(CCC)NCC(O)COc1ccccc1OCCO[N+](=O)[O-]. The lowest BCUT2D eigenvalue weighted by Crippen LogP contribution is -2.38. The van der Waals surface area contributed by atoms with Gasteiger partial charge in [0, 0.05) is 12.6 Å². The van der Waals surface area contributed by atoms with Crippen LogP contribution >= 0.6 is 0 Å². The molecule has 0 heterocycles. The van der Waals surface area contributed by atoms with E-state index in [0.717, 1.165) is 25.7 Å². The van der Waals surface area contributed by atoms with Crippen LogP contribution in [0.1, 0.15) is 39.5 Å². The lowest BCUT2D eigenvalue weighted by atomic mass is 10.1. The number of ether oxygens (including phenoxy) is 2. The van der Waals surface area contributed by atoms with Gasteiger partial charge in [-0.2, -0.15) is 0 Å². The van der Waals surface area contributed by atoms with Crippen molar-refractivity contribution in [3.05, 3.63) is 34.4 Å². The Bertz CT molecular complexity index is 508. The first kappa shape index (κ1) is 22.0. The van der Waals surface area contributed by atoms with Gasteiger partial charge in [-0.1, -0.05) is 38.8 Å². The number of hydrogen-bond donors (Lipinski definition) is 2. The standard InChI is InChI=1S/C18H30N2O6/c1-3-7-15(8-4-2)19-13-16(21)14-25-18-10-6-5-9-17(18)24-11-12-26-20(22)23/h5-6,9-10,15-16,19,21H,3-4,7-8,11-14H2,1-2H3. The second-order valence-corrected chi connectivity index (χ2v) is 6.00. The molecular weight excluding hydrogens is 340 g/mol. The van der Waals surface area contributed by atoms with Crippen LogP contribution in [-0.2, 0) is 4.84 Å². The number of nitrogens with zero attached hydrogens (tertiary/aromatic N) is 1. The van der Waals surface area contributed by atoms with Crippen molar-refractivity contribution >= 4 is 0 Å². The highest BCUT2D eigenvalue weighted by Crippen LogP contribution is 2.26. The molecule has 2 N–H and O–H groups in total. The molecule has 1 aromatic carbocycles. The lowest BCUT2D eigenvalue weighted by molar-refractivity contribution is -0.757. The highest BCUT2D eigenvalue weighted by Gasteiger charge is 2.12. The first-order chi connectivity index (χ1) is 12.6. The van der Waals surface area contributed by atoms with Crippen LogP contribution in [0.25, 0.3) is 0 Å². The van der Waals surface area contributed by atoms with Crippen LogP contribution in [0.3, 0.4) is 0 Å². The van der Waals surface area contributed by atoms with Crippen molar-refractivity contribution < 1.29 is 24.5 Å². The molecule has 0 amide bonds. The molecule has 8 nitrogen and oxygen atoms in total. The van der Waals surface area contributed by atoms with E-state index >= 15 is 0 Å². The van der Waals surface area contributed by atoms with Gasteiger partial charge in [0.2, 0.25) is 0 Å². The highest BCUT2D eigenvalue weighted by molar-refractivity contribution is 5.39. The molecule has 0 aliphatic rings. The Labute approximate surface area is 154 Å². The molecule has 1 unspecified atom stereocenters. The van der Waals surface area contributed by atoms with E-state index in [0.29, 0.717) is 24.1 Å². The highest BCUT2D eigenvalue weighted by atomic mass is 17.0. The Balaban J connectivity index is 2.39. The first-order valence-corrected chi connectivity index (χ1v) is 9.10. The Kier molecular flexibility index (Phi) is 11.1. The van der Waals surface area contributed by atoms with E-state index < -0.39 is 11.2 Å². The Morgan fingerprint density at radius 3 is 2.31 bits per heavy atom. The second kappa shape index (κ2) is 13.2. The van der Waals surface area contributed by atoms with Gasteiger partial charge in [-0.25, -0.2) is 0 Å². The molecule has 8 heteroatoms. The molecule has 0 aliphatic heterocycles. The predicted octanol–water partition coefficient (Wildman–Crippen LogP) is 2.57. The normalized spacial score (nSPS) is 12.0. The third-order valence-electron chi connectivity index (χ3n) is 3.73. The third-order valence-corrected chi connectivity index (χ3v) is 3.73. The van der Waals surface area contributed by atoms with Gasteiger partial charge in [0.15, 0.2) is 11.5 Å². The predicted molar refractivity (Wildman–Crippen MR) is 98.0 cm³/mol. The quantitative estimate of drug-likeness (QED) is 0.278. The smallest absolute Gasteiger partial charge is 0.294 e. The van der Waals surface area contributed by atoms with Gasteiger partial charge in [-0.05, 0) is 25.0 Å². The van der Waals surface area contributed by atoms with E-state index in [1.807, 2.05) is 0 Å². The van der Waals surface area contributed by atoms with E-state index in [1.54, 1.807) is 24.3 Å². The minimum absolute atomic E-state index is 0.0289. The second-order valence-electron chi connectivity index (χ2n) is 6.00. The van der Waals surface area contributed by atoms with E-state index in [4.69, 9.17) is 9.47 Å². The van der Waals surface area contributed by atoms with Crippen molar-refractivity contribution in [2.75, 3.05) is 26.4 Å². The summed E-state index contributed by atoms with van der Waals surface area (Å²) in [4.78, 5) is 14.3. The third kappa shape index (κ3) is 9.43. The summed E-state index contributed by atoms with van der Waals surface area (Å²) in [5.74, 6) is 0.931. The van der Waals surface area contributed by atoms with Crippen LogP contribution in [0.15, 0.2) is 24.3 Å². The average Bonchev–Trinajstić information content (AvgIpc) is 2.62. The number of aliphatic hydroxyl groups excluding tert-OH is 1. The van der Waals surface area contributed by atoms with Crippen molar-refractivity contribution in [2.45, 2.75) is 51.7 Å². The zero-order chi connectivity index (χ0) is 19.2. The van der Waals surface area contributed by atoms with Gasteiger partial charge in [-0.3, -0.25) is 0 Å². The zero-order valence-corrected chi connectivity index (χ0v) is 15.6. The molecule has 148 valence electrons. The monoisotopic (exact) mass is 370 g/mol. The molecular formula is C18H30N2O6. The van der Waals surface area contributed by atoms with Gasteiger partial charge in [-0.15, -0.1) is 10.1 Å². The Hall–Kier alpha value is -2.06. The van der Waals surface area contributed by atoms with Crippen LogP contribution in [0.5, 0.6) is 11.5 Å². The van der Waals surface area contributed by atoms with Crippen molar-refractivity contribution in [3.8, 4) is 11.5 Å². The molecule has 0 fully saturated rings. The Morgan fingerprint density at radius 1 is 1.12 bits per heavy atom. The van der Waals surface area contributed by atoms with Gasteiger partial charge < -0.3 is 24.7 Å². The molecule has 0 saturated heterocycles. The molecule has 1 atom stereocenters. The van der Waals surface area contributed by atoms with Crippen LogP contribution in [0, 0.1) is 10.1 Å². The number of aliphatic hydroxyl groups is 1. The fourth-order valence-electron chi connectivity index (χ4n) is 2.55. The summed E-state index contributed by atoms with van der Waals surface area (Å²) in [6, 6.07) is 7.40. The molecule has 0 aromatic heterocycles. The number of benzene rings is 1. The lowest BCUT2D eigenvalue weighted by Gasteiger charge is -2.20. The van der Waals surface area contributed by atoms with Gasteiger partial charge in [0.05, 0.1) is 0 Å². The summed E-state index contributed by atoms with van der Waals surface area (Å²) < 4.78 is 11.1. The fraction of sp³-hybridized carbons (Fsp3) is 0.667. The number of rotatable bonds is 15. The minimum atomic E-state index is -0.862. The van der Waals surface area contributed by atoms with Gasteiger partial charge in [0.25, 0.3) is 5.09 Å². The summed E-state index contributed by atoms with van der Waals surface area (Å²) in [5, 5.41) is 22.8. The van der Waals surface area contributed by atoms with Crippen LogP contribution in [0.2, 0.25) is 0 Å². The largest absolute Gasteiger partial charge is 0.488 e. The van der Waals surface area contributed by atoms with E-state index in [-0.39, 0.29) is 19.8 Å². The molecule has 0 spiro atoms. The molecule has 1 aromatic rings. The molecule has 26 heavy (non-hydrogen) atoms. The van der Waals surface area contributed by atoms with Crippen LogP contribution in [-0.4, -0.2) is 48.7 Å². The summed E-state index contributed by atoms with van der Waals surface area (Å²) in [5.41, 5.74) is 0. The van der Waals surface area contributed by atoms with Crippen molar-refractivity contribution in [1.29, 1.82) is 0 Å². The number of nitrogens with one attached hydrogen (secondary N) is 1. The van der Waals surface area contributed by atoms with Crippen molar-refractivity contribution in [3.63, 3.8) is 0 Å². The Morgan fingerprint density at radius 2 is 1.73 bits per heavy atom. The van der Waals surface area contributed by atoms with E-state index in [1.165, 1.54) is 0 Å². The molecule has 0 bridgehead atoms. The maximum absolute atomic E-state index is 10.1. The van der Waals surface area contributed by atoms with E-state index in [9.17, 15) is 15.2 Å². The molecule has 1 rings (SSSR count). The summed E-state index contributed by atoms with van der Waals surface area (Å²) in [7, 11) is 0. The van der Waals surface area contributed by atoms with Gasteiger partial charge >= 0.3 is 0 Å². The first-order valence-electron chi connectivity index (χ1n) is 9.10. The zero-order valence-electron chi connectivity index (χ0n) is 15.6. The number of hydrogen-bond acceptors (Lipinski definition) is 7. The number of para-hydroxylation sites is 2. The molecule has 0 aliphatic carbocycles. The van der Waals surface area contributed by atoms with E-state index in [2.05, 4.69) is 24.0 Å². The molecule has 0 saturated carbocycles. The van der Waals surface area contributed by atoms with Crippen molar-refractivity contribution in [2.24, 2.45) is 0 Å². The average molecular weight is 370 g/mol. The van der Waals surface area contributed by atoms with Crippen LogP contribution in [0.4, 0.5) is 0 Å². The van der Waals surface area contributed by atoms with Crippen LogP contribution < -0.4 is 14.8 Å². The topological polar surface area (TPSA) is 103 Å². The summed E-state index contributed by atoms with van der Waals surface area (Å²) in [6.45, 7) is 4.76. The summed E-state index contributed by atoms with van der Waals surface area (Å²) in [6.07, 6.45) is 3.75. The van der Waals surface area contributed by atoms with Gasteiger partial charge in [0.1, 0.15) is 25.9 Å².